The molecule has 4 aromatic rings. The van der Waals surface area contributed by atoms with Gasteiger partial charge >= 0.3 is 0 Å². The van der Waals surface area contributed by atoms with E-state index in [2.05, 4.69) is 21.4 Å². The second-order valence-electron chi connectivity index (χ2n) is 6.52. The summed E-state index contributed by atoms with van der Waals surface area (Å²) in [7, 11) is 1.59. The highest BCUT2D eigenvalue weighted by atomic mass is 35.5. The van der Waals surface area contributed by atoms with E-state index in [9.17, 15) is 5.26 Å². The number of hydrogen-bond donors (Lipinski definition) is 1. The molecular weight excluding hydrogens is 396 g/mol. The summed E-state index contributed by atoms with van der Waals surface area (Å²) in [5, 5.41) is 14.2. The van der Waals surface area contributed by atoms with Crippen molar-refractivity contribution in [3.05, 3.63) is 88.8 Å². The standard InChI is InChI=1S/C24H17ClN4O/c1-30-19-5-7-21(25)23(13-19)29-24-18(14-26)15-28-22-12-17(4-6-20(22)24)3-2-16-8-10-27-11-9-16/h2-13,15H,1H3,(H,28,29)/b3-2+. The van der Waals surface area contributed by atoms with Gasteiger partial charge in [0.25, 0.3) is 0 Å². The number of pyridine rings is 2. The van der Waals surface area contributed by atoms with Gasteiger partial charge in [-0.2, -0.15) is 5.26 Å². The number of fused-ring (bicyclic) bond motifs is 1. The molecule has 0 atom stereocenters. The van der Waals surface area contributed by atoms with Crippen molar-refractivity contribution in [2.24, 2.45) is 0 Å². The maximum absolute atomic E-state index is 9.59. The summed E-state index contributed by atoms with van der Waals surface area (Å²) in [6.45, 7) is 0. The van der Waals surface area contributed by atoms with E-state index in [-0.39, 0.29) is 0 Å². The highest BCUT2D eigenvalue weighted by molar-refractivity contribution is 6.33. The quantitative estimate of drug-likeness (QED) is 0.430. The average molecular weight is 413 g/mol. The molecule has 0 fully saturated rings. The number of benzene rings is 2. The lowest BCUT2D eigenvalue weighted by Gasteiger charge is -2.14. The van der Waals surface area contributed by atoms with Crippen molar-refractivity contribution in [2.75, 3.05) is 12.4 Å². The summed E-state index contributed by atoms with van der Waals surface area (Å²) in [5.74, 6) is 0.669. The molecule has 0 amide bonds. The van der Waals surface area contributed by atoms with E-state index in [1.807, 2.05) is 42.5 Å². The van der Waals surface area contributed by atoms with Gasteiger partial charge in [0.1, 0.15) is 11.8 Å². The molecule has 0 aliphatic carbocycles. The third kappa shape index (κ3) is 4.09. The zero-order valence-electron chi connectivity index (χ0n) is 16.1. The number of nitrogens with one attached hydrogen (secondary N) is 1. The van der Waals surface area contributed by atoms with Crippen molar-refractivity contribution in [3.63, 3.8) is 0 Å². The SMILES string of the molecule is COc1ccc(Cl)c(Nc2c(C#N)cnc3cc(/C=C/c4ccncc4)ccc23)c1. The molecule has 30 heavy (non-hydrogen) atoms. The molecule has 5 nitrogen and oxygen atoms in total. The van der Waals surface area contributed by atoms with Crippen molar-refractivity contribution in [3.8, 4) is 11.8 Å². The molecule has 0 saturated heterocycles. The number of nitrogens with zero attached hydrogens (tertiary/aromatic N) is 3. The van der Waals surface area contributed by atoms with Crippen molar-refractivity contribution in [2.45, 2.75) is 0 Å². The topological polar surface area (TPSA) is 70.8 Å². The van der Waals surface area contributed by atoms with Crippen LogP contribution in [0.25, 0.3) is 23.1 Å². The van der Waals surface area contributed by atoms with E-state index < -0.39 is 0 Å². The molecule has 0 aliphatic heterocycles. The van der Waals surface area contributed by atoms with E-state index >= 15 is 0 Å². The first-order chi connectivity index (χ1) is 14.7. The van der Waals surface area contributed by atoms with Crippen molar-refractivity contribution in [1.82, 2.24) is 9.97 Å². The number of halogens is 1. The van der Waals surface area contributed by atoms with Gasteiger partial charge in [0.15, 0.2) is 0 Å². The molecule has 0 bridgehead atoms. The zero-order chi connectivity index (χ0) is 20.9. The van der Waals surface area contributed by atoms with Gasteiger partial charge in [-0.15, -0.1) is 0 Å². The Bertz CT molecular complexity index is 1280. The van der Waals surface area contributed by atoms with Crippen LogP contribution in [0.15, 0.2) is 67.1 Å². The van der Waals surface area contributed by atoms with Crippen LogP contribution < -0.4 is 10.1 Å². The Hall–Kier alpha value is -3.88. The molecule has 2 heterocycles. The number of methoxy groups -OCH3 is 1. The molecule has 0 radical (unpaired) electrons. The van der Waals surface area contributed by atoms with Gasteiger partial charge in [0.05, 0.1) is 34.6 Å². The molecular formula is C24H17ClN4O. The Balaban J connectivity index is 1.74. The fourth-order valence-electron chi connectivity index (χ4n) is 3.06. The van der Waals surface area contributed by atoms with E-state index in [0.29, 0.717) is 27.7 Å². The summed E-state index contributed by atoms with van der Waals surface area (Å²) in [6, 6.07) is 17.3. The number of aromatic nitrogens is 2. The number of anilines is 2. The predicted octanol–water partition coefficient (Wildman–Crippen LogP) is 6.08. The Labute approximate surface area is 179 Å². The first-order valence-corrected chi connectivity index (χ1v) is 9.57. The van der Waals surface area contributed by atoms with E-state index in [1.54, 1.807) is 43.9 Å². The van der Waals surface area contributed by atoms with Crippen LogP contribution in [-0.2, 0) is 0 Å². The minimum atomic E-state index is 0.432. The number of nitriles is 1. The minimum Gasteiger partial charge on any atom is -0.497 e. The maximum Gasteiger partial charge on any atom is 0.121 e. The minimum absolute atomic E-state index is 0.432. The number of rotatable bonds is 5. The number of hydrogen-bond acceptors (Lipinski definition) is 5. The Morgan fingerprint density at radius 1 is 1.03 bits per heavy atom. The molecule has 146 valence electrons. The van der Waals surface area contributed by atoms with Crippen molar-refractivity contribution < 1.29 is 4.74 Å². The van der Waals surface area contributed by atoms with Gasteiger partial charge in [0, 0.05) is 30.0 Å². The molecule has 0 aliphatic rings. The van der Waals surface area contributed by atoms with Crippen LogP contribution in [0.5, 0.6) is 5.75 Å². The van der Waals surface area contributed by atoms with Crippen LogP contribution in [0, 0.1) is 11.3 Å². The Morgan fingerprint density at radius 2 is 1.83 bits per heavy atom. The van der Waals surface area contributed by atoms with Gasteiger partial charge in [-0.05, 0) is 41.5 Å². The second-order valence-corrected chi connectivity index (χ2v) is 6.93. The average Bonchev–Trinajstić information content (AvgIpc) is 2.79. The molecule has 0 saturated carbocycles. The summed E-state index contributed by atoms with van der Waals surface area (Å²) in [5.41, 5.74) is 4.58. The first kappa shape index (κ1) is 19.4. The predicted molar refractivity (Wildman–Crippen MR) is 121 cm³/mol. The zero-order valence-corrected chi connectivity index (χ0v) is 16.9. The monoisotopic (exact) mass is 412 g/mol. The fourth-order valence-corrected chi connectivity index (χ4v) is 3.23. The normalized spacial score (nSPS) is 10.8. The van der Waals surface area contributed by atoms with E-state index in [0.717, 1.165) is 22.0 Å². The summed E-state index contributed by atoms with van der Waals surface area (Å²) >= 11 is 6.34. The molecule has 0 spiro atoms. The summed E-state index contributed by atoms with van der Waals surface area (Å²) < 4.78 is 5.28. The summed E-state index contributed by atoms with van der Waals surface area (Å²) in [4.78, 5) is 8.49. The maximum atomic E-state index is 9.59. The highest BCUT2D eigenvalue weighted by Gasteiger charge is 2.12. The smallest absolute Gasteiger partial charge is 0.121 e. The van der Waals surface area contributed by atoms with Crippen LogP contribution in [0.3, 0.4) is 0 Å². The molecule has 2 aromatic carbocycles. The van der Waals surface area contributed by atoms with Crippen LogP contribution in [0.2, 0.25) is 5.02 Å². The van der Waals surface area contributed by atoms with Crippen LogP contribution in [0.4, 0.5) is 11.4 Å². The van der Waals surface area contributed by atoms with Crippen LogP contribution >= 0.6 is 11.6 Å². The Kier molecular flexibility index (Phi) is 5.60. The molecule has 0 unspecified atom stereocenters. The third-order valence-corrected chi connectivity index (χ3v) is 4.95. The van der Waals surface area contributed by atoms with Gasteiger partial charge in [-0.25, -0.2) is 0 Å². The van der Waals surface area contributed by atoms with Crippen molar-refractivity contribution in [1.29, 1.82) is 5.26 Å². The molecule has 1 N–H and O–H groups in total. The van der Waals surface area contributed by atoms with Crippen molar-refractivity contribution >= 4 is 46.0 Å². The first-order valence-electron chi connectivity index (χ1n) is 9.19. The van der Waals surface area contributed by atoms with E-state index in [4.69, 9.17) is 16.3 Å². The van der Waals surface area contributed by atoms with Crippen LogP contribution in [0.1, 0.15) is 16.7 Å². The summed E-state index contributed by atoms with van der Waals surface area (Å²) in [6.07, 6.45) is 9.11. The highest BCUT2D eigenvalue weighted by Crippen LogP contribution is 2.34. The fraction of sp³-hybridized carbons (Fsp3) is 0.0417. The van der Waals surface area contributed by atoms with Gasteiger partial charge < -0.3 is 10.1 Å². The molecule has 6 heteroatoms. The third-order valence-electron chi connectivity index (χ3n) is 4.62. The van der Waals surface area contributed by atoms with Gasteiger partial charge in [0.2, 0.25) is 0 Å². The number of ether oxygens (including phenoxy) is 1. The van der Waals surface area contributed by atoms with E-state index in [1.165, 1.54) is 0 Å². The molecule has 2 aromatic heterocycles. The lowest BCUT2D eigenvalue weighted by molar-refractivity contribution is 0.415. The largest absolute Gasteiger partial charge is 0.497 e. The molecule has 4 rings (SSSR count). The lowest BCUT2D eigenvalue weighted by Crippen LogP contribution is -1.98. The Morgan fingerprint density at radius 3 is 2.60 bits per heavy atom. The van der Waals surface area contributed by atoms with Crippen LogP contribution in [-0.4, -0.2) is 17.1 Å². The second kappa shape index (κ2) is 8.64. The van der Waals surface area contributed by atoms with Gasteiger partial charge in [-0.1, -0.05) is 35.9 Å². The van der Waals surface area contributed by atoms with Gasteiger partial charge in [-0.3, -0.25) is 9.97 Å². The lowest BCUT2D eigenvalue weighted by atomic mass is 10.1.